The van der Waals surface area contributed by atoms with Crippen molar-refractivity contribution in [2.45, 2.75) is 0 Å². The van der Waals surface area contributed by atoms with E-state index in [4.69, 9.17) is 15.6 Å². The Balaban J connectivity index is 1.85. The lowest BCUT2D eigenvalue weighted by atomic mass is 10.3. The van der Waals surface area contributed by atoms with Crippen LogP contribution < -0.4 is 15.8 Å². The summed E-state index contributed by atoms with van der Waals surface area (Å²) < 4.78 is 5.61. The van der Waals surface area contributed by atoms with Crippen LogP contribution in [-0.4, -0.2) is 21.2 Å². The van der Waals surface area contributed by atoms with E-state index in [1.165, 1.54) is 11.3 Å². The number of pyridine rings is 1. The molecule has 4 N–H and O–H groups in total. The highest BCUT2D eigenvalue weighted by Gasteiger charge is 2.06. The van der Waals surface area contributed by atoms with Gasteiger partial charge in [0, 0.05) is 17.8 Å². The molecule has 1 amide bonds. The second-order valence-electron chi connectivity index (χ2n) is 4.09. The summed E-state index contributed by atoms with van der Waals surface area (Å²) in [6.07, 6.45) is -1.13. The van der Waals surface area contributed by atoms with Crippen LogP contribution in [0.15, 0.2) is 36.4 Å². The van der Waals surface area contributed by atoms with Crippen LogP contribution in [0.5, 0.6) is 11.6 Å². The van der Waals surface area contributed by atoms with Crippen LogP contribution in [0, 0.1) is 0 Å². The van der Waals surface area contributed by atoms with Crippen molar-refractivity contribution in [2.24, 2.45) is 0 Å². The molecule has 3 rings (SSSR count). The molecule has 0 bridgehead atoms. The largest absolute Gasteiger partial charge is 0.465 e. The molecular formula is C13H10N4O3S. The number of carbonyl (C=O) groups is 1. The van der Waals surface area contributed by atoms with Crippen molar-refractivity contribution < 1.29 is 14.6 Å². The Morgan fingerprint density at radius 2 is 2.14 bits per heavy atom. The van der Waals surface area contributed by atoms with E-state index in [-0.39, 0.29) is 0 Å². The van der Waals surface area contributed by atoms with E-state index < -0.39 is 6.09 Å². The van der Waals surface area contributed by atoms with Crippen LogP contribution in [0.2, 0.25) is 0 Å². The normalized spacial score (nSPS) is 10.5. The van der Waals surface area contributed by atoms with Gasteiger partial charge in [-0.25, -0.2) is 14.8 Å². The second kappa shape index (κ2) is 5.25. The molecule has 1 aromatic carbocycles. The zero-order valence-electron chi connectivity index (χ0n) is 10.6. The number of rotatable bonds is 3. The Labute approximate surface area is 123 Å². The van der Waals surface area contributed by atoms with E-state index >= 15 is 0 Å². The number of nitrogens with two attached hydrogens (primary N) is 1. The van der Waals surface area contributed by atoms with Crippen molar-refractivity contribution in [3.8, 4) is 11.6 Å². The lowest BCUT2D eigenvalue weighted by Gasteiger charge is -2.06. The molecule has 0 unspecified atom stereocenters. The van der Waals surface area contributed by atoms with Gasteiger partial charge in [0.1, 0.15) is 16.1 Å². The number of nitrogens with zero attached hydrogens (tertiary/aromatic N) is 2. The number of hydrogen-bond acceptors (Lipinski definition) is 6. The predicted molar refractivity (Wildman–Crippen MR) is 80.0 cm³/mol. The minimum atomic E-state index is -1.13. The molecule has 0 saturated heterocycles. The maximum atomic E-state index is 10.6. The minimum absolute atomic E-state index is 0.388. The number of benzene rings is 1. The fraction of sp³-hybridized carbons (Fsp3) is 0. The Kier molecular flexibility index (Phi) is 3.28. The molecule has 2 aromatic heterocycles. The number of thiazole rings is 1. The molecule has 0 radical (unpaired) electrons. The van der Waals surface area contributed by atoms with Gasteiger partial charge in [0.2, 0.25) is 5.88 Å². The van der Waals surface area contributed by atoms with Gasteiger partial charge in [0.25, 0.3) is 0 Å². The first-order valence-electron chi connectivity index (χ1n) is 5.91. The van der Waals surface area contributed by atoms with Crippen molar-refractivity contribution in [3.63, 3.8) is 0 Å². The number of nitrogens with one attached hydrogen (secondary N) is 1. The first-order chi connectivity index (χ1) is 10.1. The molecule has 0 aliphatic heterocycles. The van der Waals surface area contributed by atoms with Gasteiger partial charge in [-0.15, -0.1) is 0 Å². The number of aromatic nitrogens is 2. The number of amides is 1. The zero-order chi connectivity index (χ0) is 14.8. The number of fused-ring (bicyclic) bond motifs is 1. The van der Waals surface area contributed by atoms with Gasteiger partial charge < -0.3 is 15.6 Å². The van der Waals surface area contributed by atoms with E-state index in [2.05, 4.69) is 15.3 Å². The van der Waals surface area contributed by atoms with Crippen LogP contribution >= 0.6 is 11.3 Å². The molecule has 0 aliphatic rings. The van der Waals surface area contributed by atoms with Gasteiger partial charge in [-0.05, 0) is 18.2 Å². The van der Waals surface area contributed by atoms with Gasteiger partial charge in [-0.1, -0.05) is 17.4 Å². The number of hydrogen-bond donors (Lipinski definition) is 3. The summed E-state index contributed by atoms with van der Waals surface area (Å²) in [5.41, 5.74) is 6.76. The summed E-state index contributed by atoms with van der Waals surface area (Å²) in [4.78, 5) is 19.7. The van der Waals surface area contributed by atoms with Gasteiger partial charge >= 0.3 is 6.09 Å². The van der Waals surface area contributed by atoms with Crippen LogP contribution in [0.4, 0.5) is 15.6 Å². The highest BCUT2D eigenvalue weighted by Crippen LogP contribution is 2.27. The molecule has 21 heavy (non-hydrogen) atoms. The summed E-state index contributed by atoms with van der Waals surface area (Å²) in [7, 11) is 0. The average Bonchev–Trinajstić information content (AvgIpc) is 2.77. The number of anilines is 2. The SMILES string of the molecule is Nc1nc2ccc(Oc3cccc(NC(=O)O)c3)nc2s1. The predicted octanol–water partition coefficient (Wildman–Crippen LogP) is 3.16. The van der Waals surface area contributed by atoms with Crippen molar-refractivity contribution in [1.29, 1.82) is 0 Å². The minimum Gasteiger partial charge on any atom is -0.465 e. The molecule has 3 aromatic rings. The van der Waals surface area contributed by atoms with E-state index in [9.17, 15) is 4.79 Å². The number of carboxylic acid groups (broad SMARTS) is 1. The fourth-order valence-electron chi connectivity index (χ4n) is 1.76. The summed E-state index contributed by atoms with van der Waals surface area (Å²) >= 11 is 1.27. The van der Waals surface area contributed by atoms with E-state index in [1.54, 1.807) is 36.4 Å². The van der Waals surface area contributed by atoms with E-state index in [0.29, 0.717) is 32.8 Å². The van der Waals surface area contributed by atoms with E-state index in [0.717, 1.165) is 0 Å². The molecule has 0 fully saturated rings. The highest BCUT2D eigenvalue weighted by atomic mass is 32.1. The van der Waals surface area contributed by atoms with Crippen molar-refractivity contribution in [3.05, 3.63) is 36.4 Å². The summed E-state index contributed by atoms with van der Waals surface area (Å²) in [6.45, 7) is 0. The van der Waals surface area contributed by atoms with Crippen molar-refractivity contribution >= 4 is 38.6 Å². The third-order valence-electron chi connectivity index (χ3n) is 2.55. The molecule has 0 spiro atoms. The first kappa shape index (κ1) is 13.1. The number of nitrogen functional groups attached to an aromatic ring is 1. The Morgan fingerprint density at radius 3 is 2.95 bits per heavy atom. The Bertz CT molecular complexity index is 818. The van der Waals surface area contributed by atoms with Crippen molar-refractivity contribution in [1.82, 2.24) is 9.97 Å². The quantitative estimate of drug-likeness (QED) is 0.685. The molecule has 106 valence electrons. The van der Waals surface area contributed by atoms with E-state index in [1.807, 2.05) is 0 Å². The summed E-state index contributed by atoms with van der Waals surface area (Å²) in [6, 6.07) is 10.0. The Morgan fingerprint density at radius 1 is 1.29 bits per heavy atom. The maximum absolute atomic E-state index is 10.6. The third-order valence-corrected chi connectivity index (χ3v) is 3.35. The smallest absolute Gasteiger partial charge is 0.409 e. The van der Waals surface area contributed by atoms with Crippen LogP contribution in [0.1, 0.15) is 0 Å². The number of ether oxygens (including phenoxy) is 1. The molecule has 0 aliphatic carbocycles. The van der Waals surface area contributed by atoms with Crippen LogP contribution in [0.25, 0.3) is 10.3 Å². The monoisotopic (exact) mass is 302 g/mol. The average molecular weight is 302 g/mol. The van der Waals surface area contributed by atoms with Gasteiger partial charge in [0.15, 0.2) is 5.13 Å². The molecule has 0 atom stereocenters. The third kappa shape index (κ3) is 3.00. The lowest BCUT2D eigenvalue weighted by Crippen LogP contribution is -2.06. The standard InChI is InChI=1S/C13H10N4O3S/c14-12-16-9-4-5-10(17-11(9)21-12)20-8-3-1-2-7(6-8)15-13(18)19/h1-6,15H,(H2,14,16)(H,18,19). The highest BCUT2D eigenvalue weighted by molar-refractivity contribution is 7.21. The fourth-order valence-corrected chi connectivity index (χ4v) is 2.45. The van der Waals surface area contributed by atoms with Crippen molar-refractivity contribution in [2.75, 3.05) is 11.1 Å². The Hall–Kier alpha value is -2.87. The van der Waals surface area contributed by atoms with Gasteiger partial charge in [-0.2, -0.15) is 0 Å². The molecule has 7 nitrogen and oxygen atoms in total. The maximum Gasteiger partial charge on any atom is 0.409 e. The molecule has 0 saturated carbocycles. The van der Waals surface area contributed by atoms with Gasteiger partial charge in [0.05, 0.1) is 0 Å². The van der Waals surface area contributed by atoms with Crippen LogP contribution in [0.3, 0.4) is 0 Å². The lowest BCUT2D eigenvalue weighted by molar-refractivity contribution is 0.210. The first-order valence-corrected chi connectivity index (χ1v) is 6.73. The summed E-state index contributed by atoms with van der Waals surface area (Å²) in [5.74, 6) is 0.865. The molecular weight excluding hydrogens is 292 g/mol. The van der Waals surface area contributed by atoms with Gasteiger partial charge in [-0.3, -0.25) is 5.32 Å². The summed E-state index contributed by atoms with van der Waals surface area (Å²) in [5, 5.41) is 11.4. The van der Waals surface area contributed by atoms with Crippen LogP contribution in [-0.2, 0) is 0 Å². The zero-order valence-corrected chi connectivity index (χ0v) is 11.4. The molecule has 2 heterocycles. The second-order valence-corrected chi connectivity index (χ2v) is 5.10. The molecule has 8 heteroatoms. The topological polar surface area (TPSA) is 110 Å².